The van der Waals surface area contributed by atoms with Crippen molar-refractivity contribution in [1.82, 2.24) is 0 Å². The Bertz CT molecular complexity index is 4000. The molecule has 0 aliphatic carbocycles. The van der Waals surface area contributed by atoms with Crippen LogP contribution in [0.5, 0.6) is 0 Å². The van der Waals surface area contributed by atoms with Crippen LogP contribution in [0.1, 0.15) is 0 Å². The second kappa shape index (κ2) is 15.1. The topological polar surface area (TPSA) is 32.8 Å². The van der Waals surface area contributed by atoms with Crippen molar-refractivity contribution < 1.29 is 8.83 Å². The third-order valence-corrected chi connectivity index (χ3v) is 17.9. The number of furan rings is 2. The van der Waals surface area contributed by atoms with Gasteiger partial charge in [0, 0.05) is 27.7 Å². The van der Waals surface area contributed by atoms with Gasteiger partial charge in [-0.1, -0.05) is 54.6 Å². The first-order valence-corrected chi connectivity index (χ1v) is 28.3. The molecule has 13 rings (SSSR count). The van der Waals surface area contributed by atoms with Crippen molar-refractivity contribution in [3.63, 3.8) is 0 Å². The van der Waals surface area contributed by atoms with Gasteiger partial charge >= 0.3 is 237 Å². The third-order valence-electron chi connectivity index (χ3n) is 13.2. The van der Waals surface area contributed by atoms with Gasteiger partial charge in [-0.05, 0) is 48.0 Å². The first-order valence-electron chi connectivity index (χ1n) is 22.7. The molecule has 0 atom stereocenters. The molecule has 0 bridgehead atoms. The number of rotatable bonds is 8. The van der Waals surface area contributed by atoms with E-state index in [-0.39, 0.29) is 0 Å². The molecule has 66 heavy (non-hydrogen) atoms. The van der Waals surface area contributed by atoms with Crippen molar-refractivity contribution in [2.75, 3.05) is 9.80 Å². The molecule has 0 saturated heterocycles. The number of fused-ring (bicyclic) bond motifs is 11. The maximum absolute atomic E-state index is 6.94. The van der Waals surface area contributed by atoms with Gasteiger partial charge in [-0.2, -0.15) is 0 Å². The van der Waals surface area contributed by atoms with Crippen LogP contribution < -0.4 is 15.0 Å². The van der Waals surface area contributed by atoms with Crippen LogP contribution >= 0.6 is 22.7 Å². The fourth-order valence-corrected chi connectivity index (χ4v) is 13.7. The summed E-state index contributed by atoms with van der Waals surface area (Å²) in [6.45, 7) is 7.32. The van der Waals surface area contributed by atoms with E-state index in [0.717, 1.165) is 82.8 Å². The summed E-state index contributed by atoms with van der Waals surface area (Å²) < 4.78 is 17.0. The summed E-state index contributed by atoms with van der Waals surface area (Å²) in [6.07, 6.45) is 0. The molecule has 0 fully saturated rings. The van der Waals surface area contributed by atoms with Crippen LogP contribution in [0.25, 0.3) is 84.6 Å². The monoisotopic (exact) mass is 903 g/mol. The van der Waals surface area contributed by atoms with E-state index < -0.39 is 8.07 Å². The number of nitrogens with zero attached hydrogens (tertiary/aromatic N) is 2. The Morgan fingerprint density at radius 3 is 1.85 bits per heavy atom. The molecule has 0 radical (unpaired) electrons. The van der Waals surface area contributed by atoms with Crippen LogP contribution in [-0.4, -0.2) is 8.07 Å². The SMILES string of the molecule is C[SiH-](C)(C)c1ccc(N(c2cccc3c2sc2ccccc23)c2cccc3c2sc2oc4cc(-c5ccccc5N(c5ccccc5)c5ccc6oc7ccccc7c6c5)ccc4c23)cc1. The third kappa shape index (κ3) is 6.22. The van der Waals surface area contributed by atoms with Gasteiger partial charge in [-0.3, -0.25) is 0 Å². The Labute approximate surface area is 390 Å². The van der Waals surface area contributed by atoms with Crippen LogP contribution in [-0.2, 0) is 0 Å². The van der Waals surface area contributed by atoms with E-state index >= 15 is 0 Å². The van der Waals surface area contributed by atoms with Gasteiger partial charge in [0.15, 0.2) is 0 Å². The fourth-order valence-electron chi connectivity index (χ4n) is 9.95. The number of hydrogen-bond donors (Lipinski definition) is 0. The summed E-state index contributed by atoms with van der Waals surface area (Å²) in [5.41, 5.74) is 11.5. The van der Waals surface area contributed by atoms with E-state index in [0.29, 0.717) is 0 Å². The summed E-state index contributed by atoms with van der Waals surface area (Å²) in [5, 5.41) is 9.74. The molecule has 0 spiro atoms. The second-order valence-corrected chi connectivity index (χ2v) is 26.4. The first-order chi connectivity index (χ1) is 32.4. The molecule has 0 amide bonds. The average molecular weight is 904 g/mol. The molecule has 0 saturated carbocycles. The molecule has 9 aromatic carbocycles. The summed E-state index contributed by atoms with van der Waals surface area (Å²) in [6, 6.07) is 72.5. The second-order valence-electron chi connectivity index (χ2n) is 18.5. The first kappa shape index (κ1) is 39.0. The quantitative estimate of drug-likeness (QED) is 0.142. The van der Waals surface area contributed by atoms with Crippen molar-refractivity contribution in [2.45, 2.75) is 19.6 Å². The number of benzene rings is 9. The van der Waals surface area contributed by atoms with Crippen molar-refractivity contribution in [3.05, 3.63) is 200 Å². The molecule has 0 unspecified atom stereocenters. The van der Waals surface area contributed by atoms with Gasteiger partial charge in [0.25, 0.3) is 0 Å². The molecular weight excluding hydrogens is 861 g/mol. The Morgan fingerprint density at radius 1 is 0.394 bits per heavy atom. The summed E-state index contributed by atoms with van der Waals surface area (Å²) >= 11 is 3.62. The van der Waals surface area contributed by atoms with Crippen LogP contribution in [0.3, 0.4) is 0 Å². The predicted octanol–water partition coefficient (Wildman–Crippen LogP) is 18.0. The van der Waals surface area contributed by atoms with Crippen molar-refractivity contribution >= 4 is 144 Å². The minimum absolute atomic E-state index is 0.877. The Hall–Kier alpha value is -7.42. The number of para-hydroxylation sites is 3. The Morgan fingerprint density at radius 2 is 1.03 bits per heavy atom. The zero-order valence-electron chi connectivity index (χ0n) is 36.7. The van der Waals surface area contributed by atoms with Crippen LogP contribution in [0, 0.1) is 0 Å². The molecule has 0 N–H and O–H groups in total. The standard InChI is InChI=1S/C59H43N2O2S2Si/c1-66(2,3)41-31-28-39(29-32-41)61(50-23-13-20-45-44-19-9-12-26-55(44)64-57(45)50)51-24-14-21-47-56-46-33-27-37(35-54(46)63-59(56)65-58(47)51)42-17-7-10-22-49(42)60(38-15-5-4-6-16-38)40-30-34-53-48(36-40)43-18-8-11-25-52(43)62-53/h4-36,66H,1-3H3/q-1. The van der Waals surface area contributed by atoms with E-state index in [2.05, 4.69) is 217 Å². The zero-order valence-corrected chi connectivity index (χ0v) is 39.4. The maximum atomic E-state index is 6.94. The van der Waals surface area contributed by atoms with Gasteiger partial charge in [0.2, 0.25) is 0 Å². The van der Waals surface area contributed by atoms with Crippen molar-refractivity contribution in [1.29, 1.82) is 0 Å². The summed E-state index contributed by atoms with van der Waals surface area (Å²) in [7, 11) is -1.82. The van der Waals surface area contributed by atoms with E-state index in [1.807, 2.05) is 23.5 Å². The zero-order chi connectivity index (χ0) is 44.1. The molecule has 7 heteroatoms. The van der Waals surface area contributed by atoms with E-state index in [1.165, 1.54) is 41.1 Å². The summed E-state index contributed by atoms with van der Waals surface area (Å²) in [4.78, 5) is 5.76. The number of anilines is 6. The molecule has 318 valence electrons. The van der Waals surface area contributed by atoms with Crippen molar-refractivity contribution in [3.8, 4) is 11.1 Å². The Kier molecular flexibility index (Phi) is 8.90. The molecular formula is C59H43N2O2S2Si-. The van der Waals surface area contributed by atoms with Gasteiger partial charge in [0.1, 0.15) is 11.2 Å². The molecule has 4 aromatic heterocycles. The summed E-state index contributed by atoms with van der Waals surface area (Å²) in [5.74, 6) is 0. The van der Waals surface area contributed by atoms with Crippen molar-refractivity contribution in [2.24, 2.45) is 0 Å². The van der Waals surface area contributed by atoms with Gasteiger partial charge in [-0.25, -0.2) is 0 Å². The predicted molar refractivity (Wildman–Crippen MR) is 288 cm³/mol. The number of thiophene rings is 2. The van der Waals surface area contributed by atoms with E-state index in [9.17, 15) is 0 Å². The molecule has 4 heterocycles. The molecule has 0 aliphatic rings. The molecule has 4 nitrogen and oxygen atoms in total. The Balaban J connectivity index is 0.953. The minimum atomic E-state index is -1.82. The normalized spacial score (nSPS) is 12.4. The van der Waals surface area contributed by atoms with Gasteiger partial charge in [-0.15, -0.1) is 0 Å². The van der Waals surface area contributed by atoms with Crippen LogP contribution in [0.15, 0.2) is 209 Å². The number of hydrogen-bond acceptors (Lipinski definition) is 6. The average Bonchev–Trinajstić information content (AvgIpc) is 4.12. The molecule has 13 aromatic rings. The van der Waals surface area contributed by atoms with Crippen LogP contribution in [0.2, 0.25) is 19.6 Å². The van der Waals surface area contributed by atoms with Gasteiger partial charge < -0.3 is 9.32 Å². The van der Waals surface area contributed by atoms with Crippen LogP contribution in [0.4, 0.5) is 34.1 Å². The van der Waals surface area contributed by atoms with E-state index in [1.54, 1.807) is 11.3 Å². The van der Waals surface area contributed by atoms with E-state index in [4.69, 9.17) is 8.83 Å². The van der Waals surface area contributed by atoms with Gasteiger partial charge in [0.05, 0.1) is 5.69 Å². The molecule has 0 aliphatic heterocycles. The fraction of sp³-hybridized carbons (Fsp3) is 0.0508.